The third kappa shape index (κ3) is 2.93. The molecule has 0 fully saturated rings. The highest BCUT2D eigenvalue weighted by Gasteiger charge is 2.15. The fraction of sp³-hybridized carbons (Fsp3) is 0.300. The highest BCUT2D eigenvalue weighted by molar-refractivity contribution is 5.84. The zero-order chi connectivity index (χ0) is 15.7. The van der Waals surface area contributed by atoms with E-state index in [-0.39, 0.29) is 0 Å². The second kappa shape index (κ2) is 5.98. The Labute approximate surface area is 132 Å². The molecule has 0 saturated heterocycles. The molecule has 22 heavy (non-hydrogen) atoms. The fourth-order valence-corrected chi connectivity index (χ4v) is 3.39. The SMILES string of the molecule is Cc1cc(C)cc(CC(CN)c2c[nH]c3ccc(C)cc23)c1. The molecule has 1 aromatic heterocycles. The molecule has 1 heterocycles. The minimum atomic E-state index is 0.344. The summed E-state index contributed by atoms with van der Waals surface area (Å²) >= 11 is 0. The Bertz CT molecular complexity index is 778. The normalized spacial score (nSPS) is 12.7. The number of nitrogens with two attached hydrogens (primary N) is 1. The number of fused-ring (bicyclic) bond motifs is 1. The lowest BCUT2D eigenvalue weighted by Gasteiger charge is -2.15. The van der Waals surface area contributed by atoms with Crippen molar-refractivity contribution in [2.24, 2.45) is 5.73 Å². The number of benzene rings is 2. The molecule has 114 valence electrons. The smallest absolute Gasteiger partial charge is 0.0457 e. The van der Waals surface area contributed by atoms with Gasteiger partial charge in [-0.15, -0.1) is 0 Å². The second-order valence-corrected chi connectivity index (χ2v) is 6.43. The summed E-state index contributed by atoms with van der Waals surface area (Å²) in [6.45, 7) is 7.11. The van der Waals surface area contributed by atoms with Crippen LogP contribution in [-0.4, -0.2) is 11.5 Å². The highest BCUT2D eigenvalue weighted by atomic mass is 14.7. The first-order valence-corrected chi connectivity index (χ1v) is 7.91. The van der Waals surface area contributed by atoms with Gasteiger partial charge in [-0.3, -0.25) is 0 Å². The number of nitrogens with one attached hydrogen (secondary N) is 1. The summed E-state index contributed by atoms with van der Waals surface area (Å²) < 4.78 is 0. The van der Waals surface area contributed by atoms with Crippen LogP contribution in [0.1, 0.15) is 33.7 Å². The molecule has 3 N–H and O–H groups in total. The molecule has 1 atom stereocenters. The zero-order valence-corrected chi connectivity index (χ0v) is 13.6. The van der Waals surface area contributed by atoms with Crippen molar-refractivity contribution in [3.8, 4) is 0 Å². The Kier molecular flexibility index (Phi) is 4.04. The van der Waals surface area contributed by atoms with Crippen LogP contribution >= 0.6 is 0 Å². The fourth-order valence-electron chi connectivity index (χ4n) is 3.39. The van der Waals surface area contributed by atoms with E-state index < -0.39 is 0 Å². The van der Waals surface area contributed by atoms with E-state index in [4.69, 9.17) is 5.73 Å². The summed E-state index contributed by atoms with van der Waals surface area (Å²) in [6, 6.07) is 13.3. The molecule has 0 saturated carbocycles. The van der Waals surface area contributed by atoms with Gasteiger partial charge in [0.2, 0.25) is 0 Å². The van der Waals surface area contributed by atoms with Crippen LogP contribution in [0.15, 0.2) is 42.6 Å². The van der Waals surface area contributed by atoms with Gasteiger partial charge in [0.05, 0.1) is 0 Å². The summed E-state index contributed by atoms with van der Waals surface area (Å²) in [7, 11) is 0. The van der Waals surface area contributed by atoms with E-state index in [1.807, 2.05) is 0 Å². The minimum Gasteiger partial charge on any atom is -0.361 e. The van der Waals surface area contributed by atoms with E-state index in [1.165, 1.54) is 38.7 Å². The Morgan fingerprint density at radius 1 is 0.955 bits per heavy atom. The molecule has 3 aromatic rings. The molecule has 2 heteroatoms. The van der Waals surface area contributed by atoms with E-state index in [0.717, 1.165) is 6.42 Å². The average Bonchev–Trinajstić information content (AvgIpc) is 2.86. The van der Waals surface area contributed by atoms with Crippen LogP contribution in [0.3, 0.4) is 0 Å². The molecule has 0 radical (unpaired) electrons. The van der Waals surface area contributed by atoms with Gasteiger partial charge in [0.1, 0.15) is 0 Å². The number of hydrogen-bond acceptors (Lipinski definition) is 1. The van der Waals surface area contributed by atoms with Crippen molar-refractivity contribution < 1.29 is 0 Å². The van der Waals surface area contributed by atoms with Gasteiger partial charge in [-0.25, -0.2) is 0 Å². The second-order valence-electron chi connectivity index (χ2n) is 6.43. The Balaban J connectivity index is 1.97. The quantitative estimate of drug-likeness (QED) is 0.736. The molecule has 1 unspecified atom stereocenters. The molecule has 0 aliphatic carbocycles. The van der Waals surface area contributed by atoms with Crippen molar-refractivity contribution in [3.63, 3.8) is 0 Å². The molecule has 2 nitrogen and oxygen atoms in total. The molecule has 2 aromatic carbocycles. The van der Waals surface area contributed by atoms with Crippen LogP contribution in [0.4, 0.5) is 0 Å². The summed E-state index contributed by atoms with van der Waals surface area (Å²) in [6.07, 6.45) is 3.12. The average molecular weight is 292 g/mol. The maximum atomic E-state index is 6.10. The summed E-state index contributed by atoms with van der Waals surface area (Å²) in [5, 5.41) is 1.31. The molecule has 0 aliphatic heterocycles. The van der Waals surface area contributed by atoms with E-state index in [0.29, 0.717) is 12.5 Å². The van der Waals surface area contributed by atoms with Crippen molar-refractivity contribution in [1.82, 2.24) is 4.98 Å². The van der Waals surface area contributed by atoms with E-state index in [1.54, 1.807) is 0 Å². The number of aryl methyl sites for hydroxylation is 3. The van der Waals surface area contributed by atoms with Crippen LogP contribution in [0.25, 0.3) is 10.9 Å². The lowest BCUT2D eigenvalue weighted by atomic mass is 9.90. The molecule has 0 spiro atoms. The first-order valence-electron chi connectivity index (χ1n) is 7.91. The number of hydrogen-bond donors (Lipinski definition) is 2. The largest absolute Gasteiger partial charge is 0.361 e. The zero-order valence-electron chi connectivity index (χ0n) is 13.6. The Morgan fingerprint density at radius 3 is 2.36 bits per heavy atom. The topological polar surface area (TPSA) is 41.8 Å². The molecule has 3 rings (SSSR count). The summed E-state index contributed by atoms with van der Waals surface area (Å²) in [5.74, 6) is 0.344. The van der Waals surface area contributed by atoms with Gasteiger partial charge in [-0.2, -0.15) is 0 Å². The lowest BCUT2D eigenvalue weighted by molar-refractivity contribution is 0.699. The molecule has 0 aliphatic rings. The predicted octanol–water partition coefficient (Wildman–Crippen LogP) is 4.38. The first kappa shape index (κ1) is 14.9. The number of H-pyrrole nitrogens is 1. The maximum Gasteiger partial charge on any atom is 0.0457 e. The van der Waals surface area contributed by atoms with Crippen LogP contribution in [0, 0.1) is 20.8 Å². The van der Waals surface area contributed by atoms with Gasteiger partial charge < -0.3 is 10.7 Å². The van der Waals surface area contributed by atoms with E-state index >= 15 is 0 Å². The summed E-state index contributed by atoms with van der Waals surface area (Å²) in [4.78, 5) is 3.38. The molecular formula is C20H24N2. The van der Waals surface area contributed by atoms with Gasteiger partial charge in [-0.05, 0) is 57.0 Å². The molecule has 0 bridgehead atoms. The van der Waals surface area contributed by atoms with Crippen LogP contribution < -0.4 is 5.73 Å². The van der Waals surface area contributed by atoms with Gasteiger partial charge in [0.15, 0.2) is 0 Å². The highest BCUT2D eigenvalue weighted by Crippen LogP contribution is 2.29. The predicted molar refractivity (Wildman–Crippen MR) is 94.5 cm³/mol. The van der Waals surface area contributed by atoms with E-state index in [9.17, 15) is 0 Å². The Hall–Kier alpha value is -2.06. The van der Waals surface area contributed by atoms with Crippen molar-refractivity contribution in [1.29, 1.82) is 0 Å². The van der Waals surface area contributed by atoms with Crippen LogP contribution in [0.5, 0.6) is 0 Å². The molecular weight excluding hydrogens is 268 g/mol. The van der Waals surface area contributed by atoms with Gasteiger partial charge in [0, 0.05) is 23.0 Å². The maximum absolute atomic E-state index is 6.10. The van der Waals surface area contributed by atoms with Crippen molar-refractivity contribution >= 4 is 10.9 Å². The standard InChI is InChI=1S/C20H24N2/c1-13-4-5-20-18(9-13)19(12-22-20)17(11-21)10-16-7-14(2)6-15(3)8-16/h4-9,12,17,22H,10-11,21H2,1-3H3. The third-order valence-corrected chi connectivity index (χ3v) is 4.36. The first-order chi connectivity index (χ1) is 10.6. The lowest BCUT2D eigenvalue weighted by Crippen LogP contribution is -2.15. The number of rotatable bonds is 4. The van der Waals surface area contributed by atoms with E-state index in [2.05, 4.69) is 68.4 Å². The van der Waals surface area contributed by atoms with Gasteiger partial charge in [-0.1, -0.05) is 41.0 Å². The summed E-state index contributed by atoms with van der Waals surface area (Å²) in [5.41, 5.74) is 13.9. The van der Waals surface area contributed by atoms with Crippen molar-refractivity contribution in [2.45, 2.75) is 33.1 Å². The van der Waals surface area contributed by atoms with Crippen molar-refractivity contribution in [3.05, 3.63) is 70.4 Å². The number of aromatic nitrogens is 1. The minimum absolute atomic E-state index is 0.344. The Morgan fingerprint density at radius 2 is 1.68 bits per heavy atom. The third-order valence-electron chi connectivity index (χ3n) is 4.36. The van der Waals surface area contributed by atoms with Crippen LogP contribution in [-0.2, 0) is 6.42 Å². The monoisotopic (exact) mass is 292 g/mol. The van der Waals surface area contributed by atoms with Crippen LogP contribution in [0.2, 0.25) is 0 Å². The van der Waals surface area contributed by atoms with Gasteiger partial charge >= 0.3 is 0 Å². The number of aromatic amines is 1. The van der Waals surface area contributed by atoms with Gasteiger partial charge in [0.25, 0.3) is 0 Å². The van der Waals surface area contributed by atoms with Crippen molar-refractivity contribution in [2.75, 3.05) is 6.54 Å². The molecule has 0 amide bonds.